The molecule has 7 heteroatoms. The smallest absolute Gasteiger partial charge is 0.341 e. The second-order valence-electron chi connectivity index (χ2n) is 7.31. The number of likely N-dealkylation sites (N-methyl/N-ethyl adjacent to an activating group) is 1. The molecule has 1 amide bonds. The van der Waals surface area contributed by atoms with Crippen molar-refractivity contribution in [2.45, 2.75) is 19.9 Å². The zero-order valence-electron chi connectivity index (χ0n) is 17.5. The van der Waals surface area contributed by atoms with Crippen molar-refractivity contribution in [2.75, 3.05) is 25.5 Å². The largest absolute Gasteiger partial charge is 0.462 e. The van der Waals surface area contributed by atoms with E-state index in [1.54, 1.807) is 31.2 Å². The number of nitrogens with one attached hydrogen (secondary N) is 1. The van der Waals surface area contributed by atoms with Crippen molar-refractivity contribution in [2.24, 2.45) is 0 Å². The van der Waals surface area contributed by atoms with Crippen LogP contribution in [0.3, 0.4) is 0 Å². The van der Waals surface area contributed by atoms with Crippen molar-refractivity contribution < 1.29 is 19.1 Å². The van der Waals surface area contributed by atoms with Gasteiger partial charge in [-0.05, 0) is 62.4 Å². The molecule has 6 nitrogen and oxygen atoms in total. The number of nitrogens with zero attached hydrogens (tertiary/aromatic N) is 1. The Morgan fingerprint density at radius 3 is 2.48 bits per heavy atom. The number of hydrogen-bond donors (Lipinski definition) is 1. The average Bonchev–Trinajstić information content (AvgIpc) is 3.12. The minimum atomic E-state index is -0.383. The van der Waals surface area contributed by atoms with Gasteiger partial charge in [0.15, 0.2) is 0 Å². The monoisotopic (exact) mass is 436 g/mol. The van der Waals surface area contributed by atoms with Crippen molar-refractivity contribution in [3.05, 3.63) is 76.2 Å². The number of carbonyl (C=O) groups is 2. The first kappa shape index (κ1) is 21.1. The summed E-state index contributed by atoms with van der Waals surface area (Å²) in [5.41, 5.74) is 1.97. The highest BCUT2D eigenvalue weighted by Crippen LogP contribution is 2.37. The van der Waals surface area contributed by atoms with Gasteiger partial charge in [0.25, 0.3) is 5.91 Å². The van der Waals surface area contributed by atoms with E-state index in [9.17, 15) is 9.59 Å². The summed E-state index contributed by atoms with van der Waals surface area (Å²) in [6.07, 6.45) is 0.762. The molecule has 0 bridgehead atoms. The van der Waals surface area contributed by atoms with Gasteiger partial charge in [0.1, 0.15) is 16.5 Å². The summed E-state index contributed by atoms with van der Waals surface area (Å²) in [7, 11) is 2.05. The zero-order valence-corrected chi connectivity index (χ0v) is 18.3. The number of hydrogen-bond acceptors (Lipinski definition) is 6. The maximum Gasteiger partial charge on any atom is 0.341 e. The second-order valence-corrected chi connectivity index (χ2v) is 8.41. The van der Waals surface area contributed by atoms with E-state index in [1.807, 2.05) is 37.4 Å². The predicted molar refractivity (Wildman–Crippen MR) is 121 cm³/mol. The molecule has 0 fully saturated rings. The van der Waals surface area contributed by atoms with Gasteiger partial charge >= 0.3 is 5.97 Å². The third-order valence-corrected chi connectivity index (χ3v) is 6.18. The number of esters is 1. The zero-order chi connectivity index (χ0) is 21.8. The molecule has 0 unspecified atom stereocenters. The van der Waals surface area contributed by atoms with E-state index in [-0.39, 0.29) is 11.9 Å². The lowest BCUT2D eigenvalue weighted by Crippen LogP contribution is -2.26. The molecule has 2 heterocycles. The minimum absolute atomic E-state index is 0.274. The van der Waals surface area contributed by atoms with E-state index in [0.717, 1.165) is 35.7 Å². The van der Waals surface area contributed by atoms with E-state index in [4.69, 9.17) is 9.47 Å². The molecule has 3 aromatic rings. The van der Waals surface area contributed by atoms with Gasteiger partial charge in [-0.25, -0.2) is 4.79 Å². The molecule has 0 spiro atoms. The predicted octanol–water partition coefficient (Wildman–Crippen LogP) is 4.96. The Morgan fingerprint density at radius 2 is 1.77 bits per heavy atom. The molecular formula is C24H24N2O4S. The minimum Gasteiger partial charge on any atom is -0.462 e. The highest BCUT2D eigenvalue weighted by Gasteiger charge is 2.28. The number of fused-ring (bicyclic) bond motifs is 1. The molecule has 160 valence electrons. The first-order chi connectivity index (χ1) is 15.0. The van der Waals surface area contributed by atoms with Gasteiger partial charge in [0.2, 0.25) is 0 Å². The Morgan fingerprint density at radius 1 is 1.06 bits per heavy atom. The Labute approximate surface area is 185 Å². The van der Waals surface area contributed by atoms with Crippen molar-refractivity contribution in [1.82, 2.24) is 4.90 Å². The van der Waals surface area contributed by atoms with Crippen LogP contribution in [0.15, 0.2) is 54.6 Å². The molecule has 0 atom stereocenters. The van der Waals surface area contributed by atoms with Gasteiger partial charge in [-0.1, -0.05) is 18.2 Å². The molecule has 1 N–H and O–H groups in total. The fraction of sp³-hybridized carbons (Fsp3) is 0.250. The Hall–Kier alpha value is -3.16. The molecule has 0 saturated heterocycles. The molecular weight excluding hydrogens is 412 g/mol. The van der Waals surface area contributed by atoms with Crippen LogP contribution in [-0.2, 0) is 17.7 Å². The van der Waals surface area contributed by atoms with Gasteiger partial charge in [0, 0.05) is 23.5 Å². The molecule has 1 aromatic heterocycles. The van der Waals surface area contributed by atoms with Crippen LogP contribution in [-0.4, -0.2) is 37.0 Å². The number of ether oxygens (including phenoxy) is 2. The number of para-hydroxylation sites is 1. The van der Waals surface area contributed by atoms with Gasteiger partial charge in [-0.15, -0.1) is 11.3 Å². The molecule has 1 aliphatic rings. The van der Waals surface area contributed by atoms with E-state index in [0.29, 0.717) is 28.5 Å². The summed E-state index contributed by atoms with van der Waals surface area (Å²) in [5.74, 6) is 0.715. The summed E-state index contributed by atoms with van der Waals surface area (Å²) in [5, 5.41) is 3.48. The maximum atomic E-state index is 12.9. The number of anilines is 1. The number of thiophene rings is 1. The first-order valence-corrected chi connectivity index (χ1v) is 11.0. The topological polar surface area (TPSA) is 67.9 Å². The number of rotatable bonds is 6. The van der Waals surface area contributed by atoms with Crippen molar-refractivity contribution in [1.29, 1.82) is 0 Å². The number of benzene rings is 2. The molecule has 31 heavy (non-hydrogen) atoms. The third-order valence-electron chi connectivity index (χ3n) is 5.05. The van der Waals surface area contributed by atoms with Crippen LogP contribution < -0.4 is 10.1 Å². The van der Waals surface area contributed by atoms with Crippen LogP contribution in [0.2, 0.25) is 0 Å². The number of amides is 1. The lowest BCUT2D eigenvalue weighted by Gasteiger charge is -2.22. The van der Waals surface area contributed by atoms with Crippen LogP contribution >= 0.6 is 11.3 Å². The van der Waals surface area contributed by atoms with Crippen LogP contribution in [0.25, 0.3) is 0 Å². The summed E-state index contributed by atoms with van der Waals surface area (Å²) in [6, 6.07) is 16.4. The molecule has 0 aliphatic carbocycles. The maximum absolute atomic E-state index is 12.9. The van der Waals surface area contributed by atoms with Crippen molar-refractivity contribution >= 4 is 28.2 Å². The van der Waals surface area contributed by atoms with Crippen molar-refractivity contribution in [3.8, 4) is 11.5 Å². The Bertz CT molecular complexity index is 1080. The van der Waals surface area contributed by atoms with Crippen LogP contribution in [0.5, 0.6) is 11.5 Å². The van der Waals surface area contributed by atoms with Crippen LogP contribution in [0.4, 0.5) is 5.00 Å². The molecule has 4 rings (SSSR count). The first-order valence-electron chi connectivity index (χ1n) is 10.2. The lowest BCUT2D eigenvalue weighted by molar-refractivity contribution is 0.0526. The average molecular weight is 437 g/mol. The van der Waals surface area contributed by atoms with Crippen LogP contribution in [0, 0.1) is 0 Å². The summed E-state index contributed by atoms with van der Waals surface area (Å²) < 4.78 is 11.0. The van der Waals surface area contributed by atoms with Crippen molar-refractivity contribution in [3.63, 3.8) is 0 Å². The summed E-state index contributed by atoms with van der Waals surface area (Å²) in [6.45, 7) is 3.70. The quantitative estimate of drug-likeness (QED) is 0.554. The van der Waals surface area contributed by atoms with E-state index >= 15 is 0 Å². The Balaban J connectivity index is 1.53. The Kier molecular flexibility index (Phi) is 6.34. The summed E-state index contributed by atoms with van der Waals surface area (Å²) >= 11 is 1.45. The number of carbonyl (C=O) groups excluding carboxylic acids is 2. The van der Waals surface area contributed by atoms with E-state index < -0.39 is 0 Å². The SMILES string of the molecule is CCOC(=O)c1c(NC(=O)c2ccc(Oc3ccccc3)cc2)sc2c1CCN(C)C2. The van der Waals surface area contributed by atoms with Gasteiger partial charge in [-0.2, -0.15) is 0 Å². The normalized spacial score (nSPS) is 13.4. The fourth-order valence-electron chi connectivity index (χ4n) is 3.51. The van der Waals surface area contributed by atoms with Gasteiger partial charge < -0.3 is 19.7 Å². The molecule has 1 aliphatic heterocycles. The third kappa shape index (κ3) is 4.78. The molecule has 0 saturated carbocycles. The van der Waals surface area contributed by atoms with E-state index in [1.165, 1.54) is 11.3 Å². The standard InChI is InChI=1S/C24H24N2O4S/c1-3-29-24(28)21-19-13-14-26(2)15-20(19)31-23(21)25-22(27)16-9-11-18(12-10-16)30-17-7-5-4-6-8-17/h4-12H,3,13-15H2,1-2H3,(H,25,27). The van der Waals surface area contributed by atoms with Gasteiger partial charge in [-0.3, -0.25) is 4.79 Å². The summed E-state index contributed by atoms with van der Waals surface area (Å²) in [4.78, 5) is 28.8. The van der Waals surface area contributed by atoms with Crippen LogP contribution in [0.1, 0.15) is 38.1 Å². The molecule has 2 aromatic carbocycles. The highest BCUT2D eigenvalue weighted by molar-refractivity contribution is 7.17. The lowest BCUT2D eigenvalue weighted by atomic mass is 10.0. The van der Waals surface area contributed by atoms with Gasteiger partial charge in [0.05, 0.1) is 12.2 Å². The van der Waals surface area contributed by atoms with E-state index in [2.05, 4.69) is 10.2 Å². The molecule has 0 radical (unpaired) electrons. The second kappa shape index (κ2) is 9.32. The highest BCUT2D eigenvalue weighted by atomic mass is 32.1. The fourth-order valence-corrected chi connectivity index (χ4v) is 4.82.